The van der Waals surface area contributed by atoms with Crippen molar-refractivity contribution in [3.8, 4) is 0 Å². The molecular weight excluding hydrogens is 1580 g/mol. The van der Waals surface area contributed by atoms with E-state index in [2.05, 4.69) is 84.8 Å². The van der Waals surface area contributed by atoms with Crippen LogP contribution in [0.15, 0.2) is 43.5 Å². The predicted octanol–water partition coefficient (Wildman–Crippen LogP) is 1.87. The molecule has 116 heavy (non-hydrogen) atoms. The van der Waals surface area contributed by atoms with Crippen molar-refractivity contribution in [1.82, 2.24) is 40.9 Å². The van der Waals surface area contributed by atoms with Crippen molar-refractivity contribution in [2.45, 2.75) is 52.0 Å². The molecule has 0 spiro atoms. The molecule has 0 radical (unpaired) electrons. The summed E-state index contributed by atoms with van der Waals surface area (Å²) in [6.07, 6.45) is 5.37. The Balaban J connectivity index is 0.000000857. The van der Waals surface area contributed by atoms with Gasteiger partial charge < -0.3 is 129 Å². The van der Waals surface area contributed by atoms with E-state index in [4.69, 9.17) is 105 Å². The highest BCUT2D eigenvalue weighted by atomic mass is 35.5. The number of thioether (sulfide) groups is 2. The van der Waals surface area contributed by atoms with Gasteiger partial charge in [-0.1, -0.05) is 57.3 Å². The van der Waals surface area contributed by atoms with Crippen molar-refractivity contribution in [3.63, 3.8) is 0 Å². The number of benzene rings is 1. The Morgan fingerprint density at radius 1 is 0.397 bits per heavy atom. The summed E-state index contributed by atoms with van der Waals surface area (Å²) in [5.41, 5.74) is 8.00. The number of rotatable bonds is 24. The Morgan fingerprint density at radius 2 is 0.655 bits per heavy atom. The molecule has 9 saturated heterocycles. The van der Waals surface area contributed by atoms with Crippen LogP contribution in [0.4, 0.5) is 0 Å². The van der Waals surface area contributed by atoms with E-state index >= 15 is 0 Å². The third-order valence-corrected chi connectivity index (χ3v) is 20.4. The van der Waals surface area contributed by atoms with Gasteiger partial charge >= 0.3 is 0 Å². The molecule has 3 unspecified atom stereocenters. The lowest BCUT2D eigenvalue weighted by Crippen LogP contribution is -3.00. The lowest BCUT2D eigenvalue weighted by molar-refractivity contribution is -0.0699. The van der Waals surface area contributed by atoms with Crippen molar-refractivity contribution < 1.29 is 112 Å². The van der Waals surface area contributed by atoms with E-state index in [1.54, 1.807) is 6.08 Å². The highest BCUT2D eigenvalue weighted by Crippen LogP contribution is 2.10. The summed E-state index contributed by atoms with van der Waals surface area (Å²) >= 11 is 7.62. The molecule has 0 amide bonds. The summed E-state index contributed by atoms with van der Waals surface area (Å²) in [4.78, 5) is 13.9. The molecule has 0 saturated carbocycles. The Morgan fingerprint density at radius 3 is 0.922 bits per heavy atom. The monoisotopic (exact) mass is 1740 g/mol. The van der Waals surface area contributed by atoms with Gasteiger partial charge in [0.15, 0.2) is 0 Å². The lowest BCUT2D eigenvalue weighted by Gasteiger charge is -2.26. The molecule has 9 aliphatic rings. The fraction of sp³-hybridized carbons (Fsp3) is 0.878. The second-order valence-electron chi connectivity index (χ2n) is 27.2. The minimum Gasteiger partial charge on any atom is -1.00 e. The van der Waals surface area contributed by atoms with Gasteiger partial charge in [-0.15, -0.1) is 6.58 Å². The molecule has 3 atom stereocenters. The molecule has 10 rings (SSSR count). The number of hydrogen-bond acceptors (Lipinski definition) is 33. The fourth-order valence-corrected chi connectivity index (χ4v) is 13.2. The molecule has 1 aromatic rings. The number of nitrogens with two attached hydrogens (primary N) is 1. The van der Waals surface area contributed by atoms with Crippen LogP contribution in [0.3, 0.4) is 0 Å². The summed E-state index contributed by atoms with van der Waals surface area (Å²) in [5.74, 6) is 5.19. The van der Waals surface area contributed by atoms with Gasteiger partial charge in [-0.05, 0) is 41.2 Å². The van der Waals surface area contributed by atoms with E-state index < -0.39 is 0 Å². The second-order valence-corrected chi connectivity index (χ2v) is 30.3. The number of thiol groups is 1. The summed E-state index contributed by atoms with van der Waals surface area (Å²) in [7, 11) is 0. The molecule has 0 aromatic heterocycles. The first-order chi connectivity index (χ1) is 56.0. The number of ether oxygens (including phenoxy) is 21. The van der Waals surface area contributed by atoms with Crippen LogP contribution in [0.2, 0.25) is 0 Å². The first-order valence-corrected chi connectivity index (χ1v) is 45.0. The Kier molecular flexibility index (Phi) is 84.9. The number of nitrogens with one attached hydrogen (secondary N) is 1. The highest BCUT2D eigenvalue weighted by Gasteiger charge is 2.19. The van der Waals surface area contributed by atoms with Crippen molar-refractivity contribution in [3.05, 3.63) is 54.6 Å². The van der Waals surface area contributed by atoms with E-state index in [1.807, 2.05) is 36.5 Å². The maximum absolute atomic E-state index is 6.29. The molecular formula is C82H161ClN9O21S3-. The van der Waals surface area contributed by atoms with Gasteiger partial charge in [0, 0.05) is 162 Å². The Hall–Kier alpha value is -1.16. The topological polar surface area (TPSA) is 286 Å². The molecule has 6 bridgehead atoms. The first-order valence-electron chi connectivity index (χ1n) is 42.1. The number of halogens is 1. The Bertz CT molecular complexity index is 2150. The second kappa shape index (κ2) is 87.3. The molecule has 30 nitrogen and oxygen atoms in total. The van der Waals surface area contributed by atoms with E-state index in [1.165, 1.54) is 5.56 Å². The molecule has 6 N–H and O–H groups in total. The Labute approximate surface area is 720 Å². The van der Waals surface area contributed by atoms with Crippen LogP contribution in [0, 0.1) is 0 Å². The van der Waals surface area contributed by atoms with Crippen LogP contribution in [-0.4, -0.2) is 465 Å². The zero-order valence-electron chi connectivity index (χ0n) is 70.7. The molecule has 9 fully saturated rings. The minimum absolute atomic E-state index is 0. The van der Waals surface area contributed by atoms with Crippen molar-refractivity contribution in [1.29, 1.82) is 0 Å². The highest BCUT2D eigenvalue weighted by molar-refractivity contribution is 7.99. The molecule has 686 valence electrons. The van der Waals surface area contributed by atoms with Crippen molar-refractivity contribution >= 4 is 42.2 Å². The van der Waals surface area contributed by atoms with Gasteiger partial charge in [0.05, 0.1) is 244 Å². The number of fused-ring (bicyclic) bond motifs is 63. The fourth-order valence-electron chi connectivity index (χ4n) is 11.6. The minimum atomic E-state index is -0.104. The van der Waals surface area contributed by atoms with Gasteiger partial charge in [0.2, 0.25) is 0 Å². The maximum Gasteiger partial charge on any atom is 0.104 e. The molecule has 9 aliphatic heterocycles. The standard InChI is InChI=1S/C33H57N3O7S.C24H49N3O7S.C22H42N2O7.C2H6S.CH4.ClH.H3N/c1-2-31-4-6-32(7-5-31)28-34-8-27-44-26-3-15-41-29-33-30-42-20-13-35-9-16-37-22-24-39-18-11-36(14-21-43-33)12-19-40-25-23-38-17-10-35;25-2-21-35-20-1-9-32-22-24-23-33-14-7-26-3-10-28-16-18-30-12-5-27(8-15-34-24)6-13-31-19-17-29-11-4-26;1-2-9-29-20-22-21-30-14-7-23-3-10-25-16-18-27-12-5-24(8-15-31-22)6-13-28-19-17-26-11-4-23;1-2-3;;;/h2,4-7,33-34H,1,3,8-30H2;24H,1-23,25H2;2,22H,1,3-21H2;3H,2H2,1H3;1H4;1H;1H3/p-1. The quantitative estimate of drug-likeness (QED) is 0.0653. The number of hydrogen-bond donors (Lipinski definition) is 4. The van der Waals surface area contributed by atoms with Gasteiger partial charge in [0.25, 0.3) is 0 Å². The maximum atomic E-state index is 6.29. The summed E-state index contributed by atoms with van der Waals surface area (Å²) in [5, 5.41) is 3.52. The lowest BCUT2D eigenvalue weighted by atomic mass is 10.1. The number of nitrogens with zero attached hydrogens (tertiary/aromatic N) is 6. The third-order valence-electron chi connectivity index (χ3n) is 18.2. The van der Waals surface area contributed by atoms with Crippen LogP contribution in [-0.2, 0) is 106 Å². The van der Waals surface area contributed by atoms with E-state index in [-0.39, 0.29) is 44.3 Å². The van der Waals surface area contributed by atoms with Crippen molar-refractivity contribution in [2.24, 2.45) is 5.73 Å². The molecule has 34 heteroatoms. The predicted molar refractivity (Wildman–Crippen MR) is 465 cm³/mol. The van der Waals surface area contributed by atoms with Gasteiger partial charge in [-0.25, -0.2) is 0 Å². The SMILES string of the molecule is C.C=CCOCC1COCCN2CCOCCOCCN(CCOCCOCC2)CCO1.C=Cc1ccc(CNCCSCCCOCC2COCCN3CCOCCOCCN(CCOCCOCC3)CCO2)cc1.CCS.N.NCCSCCCOCC1COCCN2CCOCCOCCN(CCOCCOCC2)CCO1.[Cl-]. The van der Waals surface area contributed by atoms with Gasteiger partial charge in [0.1, 0.15) is 18.3 Å². The molecule has 9 heterocycles. The largest absolute Gasteiger partial charge is 1.00 e. The van der Waals surface area contributed by atoms with Gasteiger partial charge in [-0.3, -0.25) is 29.4 Å². The third kappa shape index (κ3) is 69.2. The van der Waals surface area contributed by atoms with Crippen LogP contribution in [0.5, 0.6) is 0 Å². The molecule has 0 aliphatic carbocycles. The van der Waals surface area contributed by atoms with E-state index in [9.17, 15) is 0 Å². The summed E-state index contributed by atoms with van der Waals surface area (Å²) < 4.78 is 124. The van der Waals surface area contributed by atoms with Crippen molar-refractivity contribution in [2.75, 3.05) is 417 Å². The average Bonchev–Trinajstić information content (AvgIpc) is 0.932. The average molecular weight is 1740 g/mol. The molecule has 1 aromatic carbocycles. The summed E-state index contributed by atoms with van der Waals surface area (Å²) in [6, 6.07) is 8.52. The summed E-state index contributed by atoms with van der Waals surface area (Å²) in [6.45, 7) is 51.0. The van der Waals surface area contributed by atoms with Crippen LogP contribution >= 0.6 is 36.2 Å². The normalized spacial score (nSPS) is 25.8. The van der Waals surface area contributed by atoms with Crippen LogP contribution in [0.1, 0.15) is 38.3 Å². The van der Waals surface area contributed by atoms with E-state index in [0.29, 0.717) is 244 Å². The zero-order valence-corrected chi connectivity index (χ0v) is 74.0. The van der Waals surface area contributed by atoms with Crippen LogP contribution < -0.4 is 29.6 Å². The zero-order chi connectivity index (χ0) is 79.9. The van der Waals surface area contributed by atoms with Crippen LogP contribution in [0.25, 0.3) is 6.08 Å². The first kappa shape index (κ1) is 113. The van der Waals surface area contributed by atoms with Gasteiger partial charge in [-0.2, -0.15) is 36.2 Å². The smallest absolute Gasteiger partial charge is 0.104 e. The van der Waals surface area contributed by atoms with E-state index in [0.717, 1.165) is 198 Å².